The number of hydrogen-bond acceptors (Lipinski definition) is 3. The number of aryl methyl sites for hydroxylation is 2. The number of carbonyl (C=O) groups is 1. The van der Waals surface area contributed by atoms with Crippen LogP contribution in [0.1, 0.15) is 38.6 Å². The fourth-order valence-electron chi connectivity index (χ4n) is 2.63. The SMILES string of the molecule is C=Cc1ncc(C#Cc2cc(C(=O)Nc3cc(C)ccn3)ccc2C)n1C=C. The van der Waals surface area contributed by atoms with Crippen LogP contribution < -0.4 is 5.32 Å². The fourth-order valence-corrected chi connectivity index (χ4v) is 2.63. The number of aromatic nitrogens is 3. The van der Waals surface area contributed by atoms with Gasteiger partial charge >= 0.3 is 0 Å². The standard InChI is InChI=1S/C23H20N4O/c1-5-22-25-15-20(27(22)6-2)10-9-18-14-19(8-7-17(18)4)23(28)26-21-13-16(3)11-12-24-21/h5-8,11-15H,1-2H2,3-4H3,(H,24,26,28). The predicted octanol–water partition coefficient (Wildman–Crippen LogP) is 4.29. The topological polar surface area (TPSA) is 59.8 Å². The van der Waals surface area contributed by atoms with E-state index in [1.165, 1.54) is 0 Å². The smallest absolute Gasteiger partial charge is 0.256 e. The third kappa shape index (κ3) is 4.08. The number of carbonyl (C=O) groups excluding carboxylic acids is 1. The van der Waals surface area contributed by atoms with Crippen molar-refractivity contribution in [3.63, 3.8) is 0 Å². The van der Waals surface area contributed by atoms with Crippen molar-refractivity contribution in [3.8, 4) is 11.8 Å². The van der Waals surface area contributed by atoms with Crippen LogP contribution >= 0.6 is 0 Å². The van der Waals surface area contributed by atoms with Crippen molar-refractivity contribution in [3.05, 3.63) is 89.7 Å². The van der Waals surface area contributed by atoms with E-state index in [1.54, 1.807) is 41.4 Å². The van der Waals surface area contributed by atoms with E-state index in [0.717, 1.165) is 16.7 Å². The summed E-state index contributed by atoms with van der Waals surface area (Å²) in [6.45, 7) is 11.4. The molecule has 5 heteroatoms. The summed E-state index contributed by atoms with van der Waals surface area (Å²) in [5.41, 5.74) is 3.98. The van der Waals surface area contributed by atoms with Crippen molar-refractivity contribution < 1.29 is 4.79 Å². The highest BCUT2D eigenvalue weighted by Crippen LogP contribution is 2.14. The Kier molecular flexibility index (Phi) is 5.52. The molecule has 0 aliphatic carbocycles. The molecule has 138 valence electrons. The largest absolute Gasteiger partial charge is 0.307 e. The molecular formula is C23H20N4O. The van der Waals surface area contributed by atoms with Gasteiger partial charge in [0.25, 0.3) is 5.91 Å². The first kappa shape index (κ1) is 18.9. The summed E-state index contributed by atoms with van der Waals surface area (Å²) in [7, 11) is 0. The van der Waals surface area contributed by atoms with Gasteiger partial charge in [-0.25, -0.2) is 9.97 Å². The van der Waals surface area contributed by atoms with Crippen LogP contribution in [0.4, 0.5) is 5.82 Å². The zero-order valence-corrected chi connectivity index (χ0v) is 15.9. The highest BCUT2D eigenvalue weighted by atomic mass is 16.1. The molecule has 1 N–H and O–H groups in total. The van der Waals surface area contributed by atoms with Gasteiger partial charge in [0.2, 0.25) is 0 Å². The summed E-state index contributed by atoms with van der Waals surface area (Å²) in [5.74, 6) is 7.17. The molecule has 0 radical (unpaired) electrons. The molecular weight excluding hydrogens is 348 g/mol. The number of pyridine rings is 1. The molecule has 0 atom stereocenters. The average Bonchev–Trinajstić information content (AvgIpc) is 3.09. The molecule has 28 heavy (non-hydrogen) atoms. The van der Waals surface area contributed by atoms with E-state index in [9.17, 15) is 4.79 Å². The number of hydrogen-bond donors (Lipinski definition) is 1. The Balaban J connectivity index is 1.88. The molecule has 0 saturated carbocycles. The van der Waals surface area contributed by atoms with Gasteiger partial charge in [0.05, 0.1) is 6.20 Å². The Hall–Kier alpha value is -3.91. The highest BCUT2D eigenvalue weighted by molar-refractivity contribution is 6.04. The van der Waals surface area contributed by atoms with Crippen LogP contribution in [0.25, 0.3) is 12.3 Å². The number of imidazole rings is 1. The molecule has 0 saturated heterocycles. The summed E-state index contributed by atoms with van der Waals surface area (Å²) in [6, 6.07) is 9.12. The van der Waals surface area contributed by atoms with Crippen LogP contribution in [0.15, 0.2) is 55.9 Å². The van der Waals surface area contributed by atoms with Crippen molar-refractivity contribution in [2.75, 3.05) is 5.32 Å². The lowest BCUT2D eigenvalue weighted by atomic mass is 10.0. The third-order valence-electron chi connectivity index (χ3n) is 4.17. The van der Waals surface area contributed by atoms with Gasteiger partial charge in [0, 0.05) is 23.5 Å². The van der Waals surface area contributed by atoms with E-state index >= 15 is 0 Å². The van der Waals surface area contributed by atoms with E-state index in [4.69, 9.17) is 0 Å². The monoisotopic (exact) mass is 368 g/mol. The maximum Gasteiger partial charge on any atom is 0.256 e. The molecule has 0 spiro atoms. The number of nitrogens with one attached hydrogen (secondary N) is 1. The number of rotatable bonds is 4. The third-order valence-corrected chi connectivity index (χ3v) is 4.17. The predicted molar refractivity (Wildman–Crippen MR) is 113 cm³/mol. The van der Waals surface area contributed by atoms with Crippen LogP contribution in [0, 0.1) is 25.7 Å². The van der Waals surface area contributed by atoms with Gasteiger partial charge < -0.3 is 5.32 Å². The molecule has 2 heterocycles. The normalized spacial score (nSPS) is 9.93. The second kappa shape index (κ2) is 8.19. The minimum atomic E-state index is -0.230. The number of anilines is 1. The Labute approximate surface area is 164 Å². The minimum Gasteiger partial charge on any atom is -0.307 e. The zero-order valence-electron chi connectivity index (χ0n) is 15.9. The molecule has 0 fully saturated rings. The Morgan fingerprint density at radius 2 is 1.96 bits per heavy atom. The van der Waals surface area contributed by atoms with Gasteiger partial charge in [0.1, 0.15) is 17.3 Å². The van der Waals surface area contributed by atoms with Crippen molar-refractivity contribution in [1.82, 2.24) is 14.5 Å². The summed E-state index contributed by atoms with van der Waals surface area (Å²) in [6.07, 6.45) is 6.61. The first-order valence-electron chi connectivity index (χ1n) is 8.70. The molecule has 1 aromatic carbocycles. The van der Waals surface area contributed by atoms with E-state index in [1.807, 2.05) is 32.0 Å². The summed E-state index contributed by atoms with van der Waals surface area (Å²) >= 11 is 0. The first-order chi connectivity index (χ1) is 13.5. The number of nitrogens with zero attached hydrogens (tertiary/aromatic N) is 3. The highest BCUT2D eigenvalue weighted by Gasteiger charge is 2.09. The van der Waals surface area contributed by atoms with Gasteiger partial charge in [-0.1, -0.05) is 25.1 Å². The van der Waals surface area contributed by atoms with E-state index in [0.29, 0.717) is 22.9 Å². The fraction of sp³-hybridized carbons (Fsp3) is 0.0870. The summed E-state index contributed by atoms with van der Waals surface area (Å²) < 4.78 is 1.76. The first-order valence-corrected chi connectivity index (χ1v) is 8.70. The molecule has 2 aromatic heterocycles. The molecule has 0 aliphatic rings. The summed E-state index contributed by atoms with van der Waals surface area (Å²) in [4.78, 5) is 21.0. The van der Waals surface area contributed by atoms with Crippen LogP contribution in [-0.4, -0.2) is 20.4 Å². The van der Waals surface area contributed by atoms with Crippen LogP contribution in [0.3, 0.4) is 0 Å². The van der Waals surface area contributed by atoms with Crippen molar-refractivity contribution in [2.24, 2.45) is 0 Å². The zero-order chi connectivity index (χ0) is 20.1. The number of benzene rings is 1. The van der Waals surface area contributed by atoms with Gasteiger partial charge in [-0.15, -0.1) is 0 Å². The molecule has 3 aromatic rings. The lowest BCUT2D eigenvalue weighted by molar-refractivity contribution is 0.102. The van der Waals surface area contributed by atoms with Gasteiger partial charge in [-0.2, -0.15) is 0 Å². The van der Waals surface area contributed by atoms with Gasteiger partial charge in [0.15, 0.2) is 0 Å². The molecule has 0 bridgehead atoms. The minimum absolute atomic E-state index is 0.230. The number of amides is 1. The molecule has 0 aliphatic heterocycles. The second-order valence-electron chi connectivity index (χ2n) is 6.21. The molecule has 1 amide bonds. The van der Waals surface area contributed by atoms with Gasteiger partial charge in [-0.05, 0) is 61.2 Å². The lowest BCUT2D eigenvalue weighted by Crippen LogP contribution is -2.13. The Morgan fingerprint density at radius 1 is 1.14 bits per heavy atom. The summed E-state index contributed by atoms with van der Waals surface area (Å²) in [5, 5.41) is 2.81. The van der Waals surface area contributed by atoms with Crippen molar-refractivity contribution in [2.45, 2.75) is 13.8 Å². The molecule has 5 nitrogen and oxygen atoms in total. The Bertz CT molecular complexity index is 1130. The second-order valence-corrected chi connectivity index (χ2v) is 6.21. The average molecular weight is 368 g/mol. The maximum absolute atomic E-state index is 12.6. The molecule has 3 rings (SSSR count). The van der Waals surface area contributed by atoms with Crippen molar-refractivity contribution in [1.29, 1.82) is 0 Å². The van der Waals surface area contributed by atoms with Crippen molar-refractivity contribution >= 4 is 24.0 Å². The van der Waals surface area contributed by atoms with Crippen LogP contribution in [0.5, 0.6) is 0 Å². The maximum atomic E-state index is 12.6. The van der Waals surface area contributed by atoms with Crippen LogP contribution in [0.2, 0.25) is 0 Å². The quantitative estimate of drug-likeness (QED) is 0.699. The van der Waals surface area contributed by atoms with E-state index in [-0.39, 0.29) is 5.91 Å². The Morgan fingerprint density at radius 3 is 2.68 bits per heavy atom. The lowest BCUT2D eigenvalue weighted by Gasteiger charge is -2.07. The van der Waals surface area contributed by atoms with Crippen LogP contribution in [-0.2, 0) is 0 Å². The van der Waals surface area contributed by atoms with E-state index < -0.39 is 0 Å². The molecule has 0 unspecified atom stereocenters. The van der Waals surface area contributed by atoms with E-state index in [2.05, 4.69) is 40.3 Å². The van der Waals surface area contributed by atoms with Gasteiger partial charge in [-0.3, -0.25) is 9.36 Å².